The summed E-state index contributed by atoms with van der Waals surface area (Å²) < 4.78 is 5.34. The Morgan fingerprint density at radius 1 is 1.50 bits per heavy atom. The Labute approximate surface area is 63.0 Å². The molecular formula is C8H17NO. The van der Waals surface area contributed by atoms with E-state index >= 15 is 0 Å². The quantitative estimate of drug-likeness (QED) is 0.637. The second kappa shape index (κ2) is 3.94. The molecule has 0 radical (unpaired) electrons. The zero-order valence-corrected chi connectivity index (χ0v) is 6.89. The summed E-state index contributed by atoms with van der Waals surface area (Å²) in [4.78, 5) is 0. The molecular weight excluding hydrogens is 126 g/mol. The topological polar surface area (TPSA) is 21.3 Å². The van der Waals surface area contributed by atoms with Gasteiger partial charge in [-0.1, -0.05) is 6.42 Å². The number of hydrogen-bond acceptors (Lipinski definition) is 2. The fourth-order valence-electron chi connectivity index (χ4n) is 1.81. The van der Waals surface area contributed by atoms with Gasteiger partial charge in [0.15, 0.2) is 0 Å². The largest absolute Gasteiger partial charge is 0.381 e. The van der Waals surface area contributed by atoms with Crippen molar-refractivity contribution in [2.45, 2.75) is 25.4 Å². The fourth-order valence-corrected chi connectivity index (χ4v) is 1.81. The van der Waals surface area contributed by atoms with Crippen molar-refractivity contribution in [2.24, 2.45) is 5.92 Å². The molecule has 1 fully saturated rings. The van der Waals surface area contributed by atoms with Crippen molar-refractivity contribution in [1.82, 2.24) is 5.32 Å². The minimum atomic E-state index is 0.521. The zero-order valence-electron chi connectivity index (χ0n) is 6.89. The molecule has 0 heterocycles. The monoisotopic (exact) mass is 143 g/mol. The predicted octanol–water partition coefficient (Wildman–Crippen LogP) is 1.02. The van der Waals surface area contributed by atoms with E-state index in [1.165, 1.54) is 19.3 Å². The van der Waals surface area contributed by atoms with E-state index in [0.717, 1.165) is 12.5 Å². The second-order valence-electron chi connectivity index (χ2n) is 3.02. The number of methoxy groups -OCH3 is 1. The van der Waals surface area contributed by atoms with Crippen molar-refractivity contribution in [3.05, 3.63) is 0 Å². The zero-order chi connectivity index (χ0) is 7.40. The van der Waals surface area contributed by atoms with Gasteiger partial charge in [-0.05, 0) is 25.8 Å². The van der Waals surface area contributed by atoms with Gasteiger partial charge >= 0.3 is 0 Å². The summed E-state index contributed by atoms with van der Waals surface area (Å²) in [6.45, 7) is 1.11. The third-order valence-corrected chi connectivity index (χ3v) is 2.36. The third-order valence-electron chi connectivity index (χ3n) is 2.36. The van der Waals surface area contributed by atoms with E-state index in [1.54, 1.807) is 0 Å². The van der Waals surface area contributed by atoms with Gasteiger partial charge in [-0.15, -0.1) is 0 Å². The summed E-state index contributed by atoms with van der Waals surface area (Å²) >= 11 is 0. The maximum absolute atomic E-state index is 5.34. The van der Waals surface area contributed by atoms with E-state index in [2.05, 4.69) is 5.32 Å². The number of hydrogen-bond donors (Lipinski definition) is 1. The van der Waals surface area contributed by atoms with Crippen molar-refractivity contribution in [3.8, 4) is 0 Å². The lowest BCUT2D eigenvalue weighted by Gasteiger charge is -2.16. The van der Waals surface area contributed by atoms with Crippen molar-refractivity contribution in [3.63, 3.8) is 0 Å². The Hall–Kier alpha value is -0.0800. The summed E-state index contributed by atoms with van der Waals surface area (Å²) in [5, 5.41) is 3.19. The molecule has 0 spiro atoms. The first-order valence-corrected chi connectivity index (χ1v) is 4.06. The van der Waals surface area contributed by atoms with E-state index < -0.39 is 0 Å². The van der Waals surface area contributed by atoms with Gasteiger partial charge in [-0.25, -0.2) is 0 Å². The standard InChI is InChI=1S/C8H17NO/c1-9-6-7-4-3-5-8(7)10-2/h7-9H,3-6H2,1-2H3. The van der Waals surface area contributed by atoms with Crippen LogP contribution >= 0.6 is 0 Å². The second-order valence-corrected chi connectivity index (χ2v) is 3.02. The van der Waals surface area contributed by atoms with Gasteiger partial charge < -0.3 is 10.1 Å². The lowest BCUT2D eigenvalue weighted by molar-refractivity contribution is 0.0717. The van der Waals surface area contributed by atoms with Gasteiger partial charge in [0.25, 0.3) is 0 Å². The van der Waals surface area contributed by atoms with Gasteiger partial charge in [-0.3, -0.25) is 0 Å². The summed E-state index contributed by atoms with van der Waals surface area (Å²) in [6, 6.07) is 0. The highest BCUT2D eigenvalue weighted by Gasteiger charge is 2.25. The van der Waals surface area contributed by atoms with E-state index in [9.17, 15) is 0 Å². The highest BCUT2D eigenvalue weighted by atomic mass is 16.5. The highest BCUT2D eigenvalue weighted by Crippen LogP contribution is 2.26. The van der Waals surface area contributed by atoms with E-state index in [-0.39, 0.29) is 0 Å². The van der Waals surface area contributed by atoms with Crippen molar-refractivity contribution in [2.75, 3.05) is 20.7 Å². The van der Waals surface area contributed by atoms with Crippen LogP contribution < -0.4 is 5.32 Å². The smallest absolute Gasteiger partial charge is 0.0611 e. The Balaban J connectivity index is 2.27. The summed E-state index contributed by atoms with van der Waals surface area (Å²) in [7, 11) is 3.82. The molecule has 1 N–H and O–H groups in total. The van der Waals surface area contributed by atoms with E-state index in [1.807, 2.05) is 14.2 Å². The molecule has 10 heavy (non-hydrogen) atoms. The van der Waals surface area contributed by atoms with Gasteiger partial charge in [0.05, 0.1) is 6.10 Å². The van der Waals surface area contributed by atoms with Crippen LogP contribution in [0, 0.1) is 5.92 Å². The summed E-state index contributed by atoms with van der Waals surface area (Å²) in [5.74, 6) is 0.759. The first-order valence-electron chi connectivity index (χ1n) is 4.06. The third kappa shape index (κ3) is 1.70. The molecule has 1 aliphatic rings. The molecule has 60 valence electrons. The van der Waals surface area contributed by atoms with Gasteiger partial charge in [0, 0.05) is 13.7 Å². The first kappa shape index (κ1) is 8.02. The van der Waals surface area contributed by atoms with E-state index in [0.29, 0.717) is 6.10 Å². The normalized spacial score (nSPS) is 33.0. The average molecular weight is 143 g/mol. The van der Waals surface area contributed by atoms with Crippen molar-refractivity contribution in [1.29, 1.82) is 0 Å². The SMILES string of the molecule is CNCC1CCCC1OC. The Kier molecular flexibility index (Phi) is 3.16. The molecule has 1 aliphatic carbocycles. The van der Waals surface area contributed by atoms with Crippen LogP contribution in [-0.2, 0) is 4.74 Å². The first-order chi connectivity index (χ1) is 4.88. The van der Waals surface area contributed by atoms with Crippen LogP contribution in [0.25, 0.3) is 0 Å². The van der Waals surface area contributed by atoms with Crippen LogP contribution in [0.4, 0.5) is 0 Å². The molecule has 1 saturated carbocycles. The molecule has 2 unspecified atom stereocenters. The maximum atomic E-state index is 5.34. The van der Waals surface area contributed by atoms with Crippen LogP contribution in [0.1, 0.15) is 19.3 Å². The number of rotatable bonds is 3. The highest BCUT2D eigenvalue weighted by molar-refractivity contribution is 4.78. The molecule has 0 saturated heterocycles. The average Bonchev–Trinajstić information content (AvgIpc) is 2.36. The van der Waals surface area contributed by atoms with Crippen LogP contribution in [0.3, 0.4) is 0 Å². The Bertz CT molecular complexity index is 95.3. The molecule has 0 amide bonds. The van der Waals surface area contributed by atoms with Gasteiger partial charge in [-0.2, -0.15) is 0 Å². The molecule has 0 aliphatic heterocycles. The lowest BCUT2D eigenvalue weighted by atomic mass is 10.1. The van der Waals surface area contributed by atoms with Crippen LogP contribution in [0.2, 0.25) is 0 Å². The number of ether oxygens (including phenoxy) is 1. The van der Waals surface area contributed by atoms with Crippen molar-refractivity contribution >= 4 is 0 Å². The Morgan fingerprint density at radius 3 is 2.90 bits per heavy atom. The van der Waals surface area contributed by atoms with Crippen LogP contribution in [-0.4, -0.2) is 26.8 Å². The molecule has 1 rings (SSSR count). The molecule has 0 aromatic rings. The maximum Gasteiger partial charge on any atom is 0.0611 e. The molecule has 2 nitrogen and oxygen atoms in total. The fraction of sp³-hybridized carbons (Fsp3) is 1.00. The molecule has 0 bridgehead atoms. The molecule has 2 heteroatoms. The van der Waals surface area contributed by atoms with Crippen LogP contribution in [0.15, 0.2) is 0 Å². The van der Waals surface area contributed by atoms with Crippen molar-refractivity contribution < 1.29 is 4.74 Å². The Morgan fingerprint density at radius 2 is 2.30 bits per heavy atom. The molecule has 0 aromatic carbocycles. The lowest BCUT2D eigenvalue weighted by Crippen LogP contribution is -2.26. The number of nitrogens with one attached hydrogen (secondary N) is 1. The summed E-state index contributed by atoms with van der Waals surface area (Å²) in [5.41, 5.74) is 0. The summed E-state index contributed by atoms with van der Waals surface area (Å²) in [6.07, 6.45) is 4.44. The minimum absolute atomic E-state index is 0.521. The van der Waals surface area contributed by atoms with E-state index in [4.69, 9.17) is 4.74 Å². The molecule has 2 atom stereocenters. The van der Waals surface area contributed by atoms with Gasteiger partial charge in [0.1, 0.15) is 0 Å². The van der Waals surface area contributed by atoms with Crippen LogP contribution in [0.5, 0.6) is 0 Å². The van der Waals surface area contributed by atoms with Gasteiger partial charge in [0.2, 0.25) is 0 Å². The minimum Gasteiger partial charge on any atom is -0.381 e. The predicted molar refractivity (Wildman–Crippen MR) is 42.1 cm³/mol. The molecule has 0 aromatic heterocycles.